The molecule has 3 N–H and O–H groups in total. The number of carbonyl (C=O) groups excluding carboxylic acids is 1. The molecule has 0 bridgehead atoms. The Morgan fingerprint density at radius 1 is 1.41 bits per heavy atom. The Balaban J connectivity index is 2.50. The molecular formula is C15H30N4O3. The van der Waals surface area contributed by atoms with Crippen molar-refractivity contribution in [2.45, 2.75) is 52.2 Å². The molecule has 1 fully saturated rings. The van der Waals surface area contributed by atoms with Crippen LogP contribution < -0.4 is 11.1 Å². The summed E-state index contributed by atoms with van der Waals surface area (Å²) in [6.45, 7) is 10.9. The van der Waals surface area contributed by atoms with Gasteiger partial charge >= 0.3 is 6.09 Å². The first-order valence-corrected chi connectivity index (χ1v) is 7.94. The summed E-state index contributed by atoms with van der Waals surface area (Å²) in [6.07, 6.45) is 1.37. The number of hydrogen-bond donors (Lipinski definition) is 2. The molecule has 0 aromatic rings. The molecule has 0 saturated carbocycles. The Kier molecular flexibility index (Phi) is 7.44. The van der Waals surface area contributed by atoms with E-state index in [0.717, 1.165) is 25.9 Å². The van der Waals surface area contributed by atoms with Crippen molar-refractivity contribution in [2.75, 3.05) is 32.8 Å². The Bertz CT molecular complexity index is 373. The van der Waals surface area contributed by atoms with Crippen LogP contribution in [0.3, 0.4) is 0 Å². The van der Waals surface area contributed by atoms with E-state index in [1.807, 2.05) is 25.7 Å². The smallest absolute Gasteiger partial charge is 0.407 e. The van der Waals surface area contributed by atoms with Gasteiger partial charge < -0.3 is 25.4 Å². The number of amides is 1. The van der Waals surface area contributed by atoms with Crippen molar-refractivity contribution >= 4 is 12.1 Å². The van der Waals surface area contributed by atoms with Gasteiger partial charge in [0.25, 0.3) is 0 Å². The summed E-state index contributed by atoms with van der Waals surface area (Å²) in [6, 6.07) is -0.0700. The second kappa shape index (κ2) is 8.82. The Morgan fingerprint density at radius 3 is 2.59 bits per heavy atom. The fraction of sp³-hybridized carbons (Fsp3) is 0.867. The topological polar surface area (TPSA) is 89.2 Å². The first-order chi connectivity index (χ1) is 10.3. The van der Waals surface area contributed by atoms with Gasteiger partial charge in [0.15, 0.2) is 5.96 Å². The van der Waals surface area contributed by atoms with Gasteiger partial charge in [-0.05, 0) is 27.2 Å². The lowest BCUT2D eigenvalue weighted by atomic mass is 10.1. The Labute approximate surface area is 133 Å². The predicted molar refractivity (Wildman–Crippen MR) is 86.9 cm³/mol. The molecule has 0 aliphatic carbocycles. The summed E-state index contributed by atoms with van der Waals surface area (Å²) in [4.78, 5) is 18.3. The van der Waals surface area contributed by atoms with Crippen molar-refractivity contribution in [3.8, 4) is 0 Å². The van der Waals surface area contributed by atoms with E-state index in [2.05, 4.69) is 17.2 Å². The molecule has 22 heavy (non-hydrogen) atoms. The van der Waals surface area contributed by atoms with E-state index in [0.29, 0.717) is 25.7 Å². The van der Waals surface area contributed by atoms with Crippen LogP contribution in [0.25, 0.3) is 0 Å². The Hall–Kier alpha value is -1.50. The van der Waals surface area contributed by atoms with Crippen molar-refractivity contribution in [1.29, 1.82) is 0 Å². The highest BCUT2D eigenvalue weighted by Gasteiger charge is 2.19. The number of nitrogens with zero attached hydrogens (tertiary/aromatic N) is 2. The van der Waals surface area contributed by atoms with Crippen LogP contribution in [0.1, 0.15) is 40.5 Å². The number of rotatable bonds is 5. The number of aliphatic imine (C=N–C) groups is 1. The molecule has 128 valence electrons. The lowest BCUT2D eigenvalue weighted by Gasteiger charge is -2.28. The van der Waals surface area contributed by atoms with Gasteiger partial charge in [-0.2, -0.15) is 0 Å². The number of hydrogen-bond acceptors (Lipinski definition) is 4. The minimum absolute atomic E-state index is 0.0700. The SMILES string of the molecule is CCCC(CN=C(N)N1CCOCC1)NC(=O)OC(C)(C)C. The van der Waals surface area contributed by atoms with E-state index >= 15 is 0 Å². The molecule has 1 heterocycles. The minimum Gasteiger partial charge on any atom is -0.444 e. The summed E-state index contributed by atoms with van der Waals surface area (Å²) in [5, 5.41) is 2.87. The molecule has 0 aromatic carbocycles. The summed E-state index contributed by atoms with van der Waals surface area (Å²) in [5.41, 5.74) is 5.50. The number of morpholine rings is 1. The zero-order valence-electron chi connectivity index (χ0n) is 14.2. The van der Waals surface area contributed by atoms with Gasteiger partial charge in [0.05, 0.1) is 25.8 Å². The highest BCUT2D eigenvalue weighted by atomic mass is 16.6. The van der Waals surface area contributed by atoms with Crippen LogP contribution in [-0.4, -0.2) is 61.4 Å². The number of nitrogens with one attached hydrogen (secondary N) is 1. The number of carbonyl (C=O) groups is 1. The average Bonchev–Trinajstić information content (AvgIpc) is 2.43. The molecule has 7 nitrogen and oxygen atoms in total. The van der Waals surface area contributed by atoms with Crippen molar-refractivity contribution in [3.63, 3.8) is 0 Å². The molecule has 1 unspecified atom stereocenters. The number of alkyl carbamates (subject to hydrolysis) is 1. The van der Waals surface area contributed by atoms with Crippen LogP contribution in [0.4, 0.5) is 4.79 Å². The lowest BCUT2D eigenvalue weighted by molar-refractivity contribution is 0.0503. The molecule has 1 atom stereocenters. The van der Waals surface area contributed by atoms with E-state index < -0.39 is 11.7 Å². The summed E-state index contributed by atoms with van der Waals surface area (Å²) < 4.78 is 10.6. The van der Waals surface area contributed by atoms with E-state index in [-0.39, 0.29) is 6.04 Å². The molecular weight excluding hydrogens is 284 g/mol. The second-order valence-corrected chi connectivity index (χ2v) is 6.43. The van der Waals surface area contributed by atoms with Crippen molar-refractivity contribution in [3.05, 3.63) is 0 Å². The van der Waals surface area contributed by atoms with E-state index in [9.17, 15) is 4.79 Å². The van der Waals surface area contributed by atoms with Crippen molar-refractivity contribution in [2.24, 2.45) is 10.7 Å². The number of guanidine groups is 1. The molecule has 0 aromatic heterocycles. The van der Waals surface area contributed by atoms with Crippen LogP contribution in [0, 0.1) is 0 Å². The largest absolute Gasteiger partial charge is 0.444 e. The third-order valence-electron chi connectivity index (χ3n) is 3.17. The normalized spacial score (nSPS) is 18.0. The maximum absolute atomic E-state index is 11.9. The van der Waals surface area contributed by atoms with Gasteiger partial charge in [-0.1, -0.05) is 13.3 Å². The standard InChI is InChI=1S/C15H30N4O3/c1-5-6-12(18-14(20)22-15(2,3)4)11-17-13(16)19-7-9-21-10-8-19/h12H,5-11H2,1-4H3,(H2,16,17)(H,18,20). The molecule has 1 rings (SSSR count). The highest BCUT2D eigenvalue weighted by Crippen LogP contribution is 2.08. The summed E-state index contributed by atoms with van der Waals surface area (Å²) >= 11 is 0. The van der Waals surface area contributed by atoms with E-state index in [1.54, 1.807) is 0 Å². The van der Waals surface area contributed by atoms with Crippen molar-refractivity contribution in [1.82, 2.24) is 10.2 Å². The summed E-state index contributed by atoms with van der Waals surface area (Å²) in [7, 11) is 0. The van der Waals surface area contributed by atoms with Gasteiger partial charge in [0.2, 0.25) is 0 Å². The first-order valence-electron chi connectivity index (χ1n) is 7.94. The Morgan fingerprint density at radius 2 is 2.05 bits per heavy atom. The van der Waals surface area contributed by atoms with Gasteiger partial charge in [-0.25, -0.2) is 4.79 Å². The molecule has 0 radical (unpaired) electrons. The van der Waals surface area contributed by atoms with Crippen LogP contribution in [0.5, 0.6) is 0 Å². The van der Waals surface area contributed by atoms with Crippen LogP contribution in [-0.2, 0) is 9.47 Å². The summed E-state index contributed by atoms with van der Waals surface area (Å²) in [5.74, 6) is 0.510. The monoisotopic (exact) mass is 314 g/mol. The minimum atomic E-state index is -0.503. The van der Waals surface area contributed by atoms with Gasteiger partial charge in [0.1, 0.15) is 5.60 Å². The molecule has 1 aliphatic heterocycles. The third kappa shape index (κ3) is 7.49. The predicted octanol–water partition coefficient (Wildman–Crippen LogP) is 1.33. The molecule has 1 aliphatic rings. The average molecular weight is 314 g/mol. The third-order valence-corrected chi connectivity index (χ3v) is 3.17. The van der Waals surface area contributed by atoms with Gasteiger partial charge in [0, 0.05) is 13.1 Å². The number of nitrogens with two attached hydrogens (primary N) is 1. The van der Waals surface area contributed by atoms with Crippen LogP contribution >= 0.6 is 0 Å². The van der Waals surface area contributed by atoms with E-state index in [4.69, 9.17) is 15.2 Å². The maximum Gasteiger partial charge on any atom is 0.407 e. The zero-order chi connectivity index (χ0) is 16.6. The van der Waals surface area contributed by atoms with Crippen LogP contribution in [0.15, 0.2) is 4.99 Å². The zero-order valence-corrected chi connectivity index (χ0v) is 14.2. The lowest BCUT2D eigenvalue weighted by Crippen LogP contribution is -2.46. The highest BCUT2D eigenvalue weighted by molar-refractivity contribution is 5.78. The van der Waals surface area contributed by atoms with Gasteiger partial charge in [-0.3, -0.25) is 4.99 Å². The molecule has 1 saturated heterocycles. The fourth-order valence-electron chi connectivity index (χ4n) is 2.13. The molecule has 7 heteroatoms. The fourth-order valence-corrected chi connectivity index (χ4v) is 2.13. The van der Waals surface area contributed by atoms with Gasteiger partial charge in [-0.15, -0.1) is 0 Å². The maximum atomic E-state index is 11.9. The second-order valence-electron chi connectivity index (χ2n) is 6.43. The van der Waals surface area contributed by atoms with Crippen LogP contribution in [0.2, 0.25) is 0 Å². The molecule has 1 amide bonds. The van der Waals surface area contributed by atoms with Crippen molar-refractivity contribution < 1.29 is 14.3 Å². The number of ether oxygens (including phenoxy) is 2. The van der Waals surface area contributed by atoms with E-state index in [1.165, 1.54) is 0 Å². The quantitative estimate of drug-likeness (QED) is 0.590. The molecule has 0 spiro atoms. The first kappa shape index (κ1) is 18.5.